The molecule has 1 heterocycles. The third-order valence-electron chi connectivity index (χ3n) is 3.92. The number of nitrogens with zero attached hydrogens (tertiary/aromatic N) is 1. The van der Waals surface area contributed by atoms with Crippen molar-refractivity contribution < 1.29 is 0 Å². The number of anilines is 1. The molecule has 0 bridgehead atoms. The SMILES string of the molecule is CC1CCCN(Cc2ccc(NCC(C)(C)C)cc2)C1. The van der Waals surface area contributed by atoms with Gasteiger partial charge in [-0.25, -0.2) is 0 Å². The molecule has 1 saturated heterocycles. The van der Waals surface area contributed by atoms with E-state index in [1.165, 1.54) is 37.2 Å². The molecule has 2 rings (SSSR count). The first-order valence-electron chi connectivity index (χ1n) is 7.97. The highest BCUT2D eigenvalue weighted by atomic mass is 15.1. The smallest absolute Gasteiger partial charge is 0.0340 e. The van der Waals surface area contributed by atoms with Crippen molar-refractivity contribution >= 4 is 5.69 Å². The maximum absolute atomic E-state index is 3.51. The van der Waals surface area contributed by atoms with E-state index in [9.17, 15) is 0 Å². The fraction of sp³-hybridized carbons (Fsp3) is 0.667. The molecule has 1 unspecified atom stereocenters. The molecule has 1 fully saturated rings. The van der Waals surface area contributed by atoms with Gasteiger partial charge in [0.05, 0.1) is 0 Å². The van der Waals surface area contributed by atoms with Gasteiger partial charge in [0, 0.05) is 25.3 Å². The van der Waals surface area contributed by atoms with Gasteiger partial charge in [-0.1, -0.05) is 39.8 Å². The Balaban J connectivity index is 1.85. The summed E-state index contributed by atoms with van der Waals surface area (Å²) in [6, 6.07) is 8.97. The number of rotatable bonds is 4. The fourth-order valence-electron chi connectivity index (χ4n) is 2.78. The second-order valence-electron chi connectivity index (χ2n) is 7.59. The predicted molar refractivity (Wildman–Crippen MR) is 88.1 cm³/mol. The quantitative estimate of drug-likeness (QED) is 0.876. The van der Waals surface area contributed by atoms with Gasteiger partial charge in [-0.3, -0.25) is 4.90 Å². The Labute approximate surface area is 124 Å². The second kappa shape index (κ2) is 6.62. The summed E-state index contributed by atoms with van der Waals surface area (Å²) < 4.78 is 0. The lowest BCUT2D eigenvalue weighted by Gasteiger charge is -2.30. The van der Waals surface area contributed by atoms with Crippen molar-refractivity contribution in [3.8, 4) is 0 Å². The molecule has 1 aliphatic rings. The normalized spacial score (nSPS) is 20.9. The highest BCUT2D eigenvalue weighted by Crippen LogP contribution is 2.19. The molecule has 0 aliphatic carbocycles. The van der Waals surface area contributed by atoms with E-state index >= 15 is 0 Å². The van der Waals surface area contributed by atoms with Crippen LogP contribution in [0.25, 0.3) is 0 Å². The summed E-state index contributed by atoms with van der Waals surface area (Å²) in [5, 5.41) is 3.51. The first-order chi connectivity index (χ1) is 9.42. The zero-order valence-electron chi connectivity index (χ0n) is 13.6. The van der Waals surface area contributed by atoms with Crippen LogP contribution in [0.5, 0.6) is 0 Å². The molecule has 0 aromatic heterocycles. The van der Waals surface area contributed by atoms with Crippen LogP contribution in [0.15, 0.2) is 24.3 Å². The zero-order chi connectivity index (χ0) is 14.6. The lowest BCUT2D eigenvalue weighted by atomic mass is 9.97. The van der Waals surface area contributed by atoms with E-state index in [1.807, 2.05) is 0 Å². The molecular formula is C18H30N2. The van der Waals surface area contributed by atoms with Gasteiger partial charge in [-0.2, -0.15) is 0 Å². The Morgan fingerprint density at radius 2 is 1.90 bits per heavy atom. The highest BCUT2D eigenvalue weighted by Gasteiger charge is 2.16. The average molecular weight is 274 g/mol. The van der Waals surface area contributed by atoms with E-state index in [0.717, 1.165) is 19.0 Å². The van der Waals surface area contributed by atoms with Crippen molar-refractivity contribution in [3.63, 3.8) is 0 Å². The van der Waals surface area contributed by atoms with E-state index in [4.69, 9.17) is 0 Å². The van der Waals surface area contributed by atoms with Crippen LogP contribution in [-0.2, 0) is 6.54 Å². The van der Waals surface area contributed by atoms with E-state index in [0.29, 0.717) is 5.41 Å². The van der Waals surface area contributed by atoms with Crippen molar-refractivity contribution in [1.29, 1.82) is 0 Å². The van der Waals surface area contributed by atoms with Crippen LogP contribution >= 0.6 is 0 Å². The molecule has 1 aliphatic heterocycles. The van der Waals surface area contributed by atoms with Gasteiger partial charge < -0.3 is 5.32 Å². The minimum Gasteiger partial charge on any atom is -0.385 e. The molecule has 1 aromatic carbocycles. The molecule has 2 heteroatoms. The van der Waals surface area contributed by atoms with Crippen LogP contribution in [0.1, 0.15) is 46.1 Å². The number of benzene rings is 1. The average Bonchev–Trinajstić information content (AvgIpc) is 2.37. The van der Waals surface area contributed by atoms with Crippen LogP contribution in [-0.4, -0.2) is 24.5 Å². The molecule has 20 heavy (non-hydrogen) atoms. The summed E-state index contributed by atoms with van der Waals surface area (Å²) in [5.41, 5.74) is 2.99. The molecule has 112 valence electrons. The van der Waals surface area contributed by atoms with Crippen molar-refractivity contribution in [1.82, 2.24) is 4.90 Å². The highest BCUT2D eigenvalue weighted by molar-refractivity contribution is 5.44. The molecule has 0 saturated carbocycles. The summed E-state index contributed by atoms with van der Waals surface area (Å²) in [6.07, 6.45) is 2.75. The molecule has 0 radical (unpaired) electrons. The van der Waals surface area contributed by atoms with Gasteiger partial charge in [0.2, 0.25) is 0 Å². The minimum absolute atomic E-state index is 0.322. The Bertz CT molecular complexity index is 402. The topological polar surface area (TPSA) is 15.3 Å². The summed E-state index contributed by atoms with van der Waals surface area (Å²) in [6.45, 7) is 13.8. The van der Waals surface area contributed by atoms with Crippen LogP contribution in [0.4, 0.5) is 5.69 Å². The monoisotopic (exact) mass is 274 g/mol. The third kappa shape index (κ3) is 5.16. The molecule has 1 N–H and O–H groups in total. The largest absolute Gasteiger partial charge is 0.385 e. The first kappa shape index (κ1) is 15.4. The summed E-state index contributed by atoms with van der Waals surface area (Å²) >= 11 is 0. The van der Waals surface area contributed by atoms with Crippen molar-refractivity contribution in [3.05, 3.63) is 29.8 Å². The van der Waals surface area contributed by atoms with Gasteiger partial charge in [0.25, 0.3) is 0 Å². The number of nitrogens with one attached hydrogen (secondary N) is 1. The number of hydrogen-bond donors (Lipinski definition) is 1. The standard InChI is InChI=1S/C18H30N2/c1-15-6-5-11-20(12-15)13-16-7-9-17(10-8-16)19-14-18(2,3)4/h7-10,15,19H,5-6,11-14H2,1-4H3. The van der Waals surface area contributed by atoms with Crippen LogP contribution in [0.2, 0.25) is 0 Å². The van der Waals surface area contributed by atoms with Gasteiger partial charge in [-0.15, -0.1) is 0 Å². The zero-order valence-corrected chi connectivity index (χ0v) is 13.6. The van der Waals surface area contributed by atoms with Crippen LogP contribution in [0, 0.1) is 11.3 Å². The lowest BCUT2D eigenvalue weighted by molar-refractivity contribution is 0.176. The Morgan fingerprint density at radius 1 is 1.20 bits per heavy atom. The van der Waals surface area contributed by atoms with Gasteiger partial charge in [0.1, 0.15) is 0 Å². The van der Waals surface area contributed by atoms with Crippen LogP contribution in [0.3, 0.4) is 0 Å². The number of likely N-dealkylation sites (tertiary alicyclic amines) is 1. The van der Waals surface area contributed by atoms with Gasteiger partial charge in [0.15, 0.2) is 0 Å². The summed E-state index contributed by atoms with van der Waals surface area (Å²) in [4.78, 5) is 2.59. The van der Waals surface area contributed by atoms with Crippen molar-refractivity contribution in [2.45, 2.75) is 47.1 Å². The maximum atomic E-state index is 3.51. The van der Waals surface area contributed by atoms with Gasteiger partial charge in [-0.05, 0) is 48.4 Å². The predicted octanol–water partition coefficient (Wildman–Crippen LogP) is 4.38. The van der Waals surface area contributed by atoms with E-state index < -0.39 is 0 Å². The maximum Gasteiger partial charge on any atom is 0.0340 e. The van der Waals surface area contributed by atoms with Crippen LogP contribution < -0.4 is 5.32 Å². The molecule has 2 nitrogen and oxygen atoms in total. The summed E-state index contributed by atoms with van der Waals surface area (Å²) in [5.74, 6) is 0.858. The second-order valence-corrected chi connectivity index (χ2v) is 7.59. The molecule has 0 spiro atoms. The Hall–Kier alpha value is -1.02. The van der Waals surface area contributed by atoms with E-state index in [-0.39, 0.29) is 0 Å². The summed E-state index contributed by atoms with van der Waals surface area (Å²) in [7, 11) is 0. The van der Waals surface area contributed by atoms with E-state index in [1.54, 1.807) is 0 Å². The Morgan fingerprint density at radius 3 is 2.50 bits per heavy atom. The van der Waals surface area contributed by atoms with Gasteiger partial charge >= 0.3 is 0 Å². The lowest BCUT2D eigenvalue weighted by Crippen LogP contribution is -2.33. The number of hydrogen-bond acceptors (Lipinski definition) is 2. The molecule has 1 atom stereocenters. The van der Waals surface area contributed by atoms with E-state index in [2.05, 4.69) is 62.2 Å². The fourth-order valence-corrected chi connectivity index (χ4v) is 2.78. The molecular weight excluding hydrogens is 244 g/mol. The third-order valence-corrected chi connectivity index (χ3v) is 3.92. The first-order valence-corrected chi connectivity index (χ1v) is 7.97. The Kier molecular flexibility index (Phi) is 5.09. The van der Waals surface area contributed by atoms with Crippen molar-refractivity contribution in [2.75, 3.05) is 25.0 Å². The number of piperidine rings is 1. The van der Waals surface area contributed by atoms with Crippen molar-refractivity contribution in [2.24, 2.45) is 11.3 Å². The minimum atomic E-state index is 0.322. The molecule has 0 amide bonds. The molecule has 1 aromatic rings.